The van der Waals surface area contributed by atoms with Crippen LogP contribution >= 0.6 is 0 Å². The fourth-order valence-electron chi connectivity index (χ4n) is 12.8. The third-order valence-corrected chi connectivity index (χ3v) is 18.7. The number of amides is 1. The van der Waals surface area contributed by atoms with E-state index in [-0.39, 0.29) is 12.5 Å². The van der Waals surface area contributed by atoms with E-state index in [0.717, 1.165) is 25.7 Å². The molecule has 2 unspecified atom stereocenters. The molecule has 4 heteroatoms. The van der Waals surface area contributed by atoms with Crippen molar-refractivity contribution in [2.75, 3.05) is 6.61 Å². The van der Waals surface area contributed by atoms with Gasteiger partial charge in [-0.15, -0.1) is 0 Å². The second kappa shape index (κ2) is 75.1. The number of hydrogen-bond donors (Lipinski definition) is 3. The molecule has 0 aliphatic rings. The molecule has 0 rings (SSSR count). The summed E-state index contributed by atoms with van der Waals surface area (Å²) in [5.41, 5.74) is 0. The molecule has 0 bridgehead atoms. The molecule has 3 N–H and O–H groups in total. The summed E-state index contributed by atoms with van der Waals surface area (Å²) in [7, 11) is 0. The van der Waals surface area contributed by atoms with Crippen molar-refractivity contribution in [2.24, 2.45) is 0 Å². The minimum Gasteiger partial charge on any atom is -0.394 e. The van der Waals surface area contributed by atoms with Gasteiger partial charge in [0.05, 0.1) is 18.8 Å². The van der Waals surface area contributed by atoms with Crippen LogP contribution < -0.4 is 5.32 Å². The van der Waals surface area contributed by atoms with Crippen molar-refractivity contribution in [3.63, 3.8) is 0 Å². The van der Waals surface area contributed by atoms with Crippen molar-refractivity contribution in [1.82, 2.24) is 5.32 Å². The molecule has 0 saturated carbocycles. The largest absolute Gasteiger partial charge is 0.394 e. The number of allylic oxidation sites excluding steroid dienone is 3. The van der Waals surface area contributed by atoms with Crippen molar-refractivity contribution >= 4 is 5.91 Å². The number of hydrogen-bond acceptors (Lipinski definition) is 3. The molecule has 0 aliphatic carbocycles. The molecular weight excluding hydrogens is 1010 g/mol. The van der Waals surface area contributed by atoms with E-state index in [1.54, 1.807) is 6.08 Å². The lowest BCUT2D eigenvalue weighted by Crippen LogP contribution is -2.45. The van der Waals surface area contributed by atoms with E-state index in [9.17, 15) is 15.0 Å². The summed E-state index contributed by atoms with van der Waals surface area (Å²) in [4.78, 5) is 12.6. The normalized spacial score (nSPS) is 12.7. The highest BCUT2D eigenvalue weighted by atomic mass is 16.3. The molecule has 0 aliphatic heterocycles. The maximum atomic E-state index is 12.6. The molecule has 0 spiro atoms. The van der Waals surface area contributed by atoms with Crippen LogP contribution in [0, 0.1) is 0 Å². The molecule has 0 saturated heterocycles. The monoisotopic (exact) mass is 1170 g/mol. The number of carbonyl (C=O) groups is 1. The Hall–Kier alpha value is -1.13. The van der Waals surface area contributed by atoms with Crippen LogP contribution in [0.4, 0.5) is 0 Å². The average Bonchev–Trinajstić information content (AvgIpc) is 3.51. The molecule has 0 radical (unpaired) electrons. The topological polar surface area (TPSA) is 69.6 Å². The van der Waals surface area contributed by atoms with Gasteiger partial charge in [-0.25, -0.2) is 0 Å². The summed E-state index contributed by atoms with van der Waals surface area (Å²) in [5, 5.41) is 23.4. The van der Waals surface area contributed by atoms with Crippen LogP contribution in [0.1, 0.15) is 457 Å². The predicted molar refractivity (Wildman–Crippen MR) is 373 cm³/mol. The van der Waals surface area contributed by atoms with Crippen LogP contribution in [0.5, 0.6) is 0 Å². The van der Waals surface area contributed by atoms with Gasteiger partial charge in [0, 0.05) is 6.42 Å². The Labute approximate surface area is 523 Å². The van der Waals surface area contributed by atoms with Crippen LogP contribution in [0.2, 0.25) is 0 Å². The molecule has 83 heavy (non-hydrogen) atoms. The van der Waals surface area contributed by atoms with E-state index in [0.29, 0.717) is 6.42 Å². The minimum atomic E-state index is -0.839. The first-order valence-electron chi connectivity index (χ1n) is 39.1. The molecule has 0 aromatic carbocycles. The van der Waals surface area contributed by atoms with Crippen LogP contribution in [0.15, 0.2) is 24.3 Å². The molecule has 4 nitrogen and oxygen atoms in total. The number of unbranched alkanes of at least 4 members (excludes halogenated alkanes) is 65. The summed E-state index contributed by atoms with van der Waals surface area (Å²) >= 11 is 0. The lowest BCUT2D eigenvalue weighted by Gasteiger charge is -2.20. The number of aliphatic hydroxyl groups is 2. The summed E-state index contributed by atoms with van der Waals surface area (Å²) in [6.45, 7) is 4.37. The Morgan fingerprint density at radius 2 is 0.458 bits per heavy atom. The van der Waals surface area contributed by atoms with Gasteiger partial charge in [0.2, 0.25) is 5.91 Å². The van der Waals surface area contributed by atoms with E-state index in [1.807, 2.05) is 6.08 Å². The summed E-state index contributed by atoms with van der Waals surface area (Å²) in [6, 6.07) is -0.621. The Morgan fingerprint density at radius 3 is 0.663 bits per heavy atom. The maximum Gasteiger partial charge on any atom is 0.220 e. The predicted octanol–water partition coefficient (Wildman–Crippen LogP) is 26.9. The fourth-order valence-corrected chi connectivity index (χ4v) is 12.8. The fraction of sp³-hybridized carbons (Fsp3) is 0.937. The standard InChI is InChI=1S/C79H155NO3/c1-3-5-7-9-11-13-15-17-19-21-23-25-27-29-31-33-35-36-37-38-39-40-41-42-43-44-45-47-49-51-53-55-57-59-61-63-65-67-69-71-73-75-79(83)80-77(76-81)78(82)74-72-70-68-66-64-62-60-58-56-54-52-50-48-46-34-32-30-28-26-24-22-20-18-16-14-12-10-8-6-4-2/h21,23,72,74,77-78,81-82H,3-20,22,24-71,73,75-76H2,1-2H3,(H,80,83)/b23-21-,74-72+. The molecule has 0 aromatic heterocycles. The lowest BCUT2D eigenvalue weighted by atomic mass is 10.0. The van der Waals surface area contributed by atoms with Gasteiger partial charge in [-0.3, -0.25) is 4.79 Å². The summed E-state index contributed by atoms with van der Waals surface area (Å²) in [6.07, 6.45) is 103. The molecule has 494 valence electrons. The van der Waals surface area contributed by atoms with Gasteiger partial charge in [0.1, 0.15) is 0 Å². The van der Waals surface area contributed by atoms with Gasteiger partial charge in [-0.2, -0.15) is 0 Å². The molecule has 0 fully saturated rings. The average molecular weight is 1170 g/mol. The molecular formula is C79H155NO3. The first-order chi connectivity index (χ1) is 41.2. The molecule has 1 amide bonds. The minimum absolute atomic E-state index is 0.0527. The maximum absolute atomic E-state index is 12.6. The highest BCUT2D eigenvalue weighted by Gasteiger charge is 2.18. The summed E-state index contributed by atoms with van der Waals surface area (Å²) < 4.78 is 0. The zero-order chi connectivity index (χ0) is 59.8. The third-order valence-electron chi connectivity index (χ3n) is 18.7. The number of carbonyl (C=O) groups excluding carboxylic acids is 1. The second-order valence-electron chi connectivity index (χ2n) is 27.1. The third kappa shape index (κ3) is 71.5. The first kappa shape index (κ1) is 81.9. The van der Waals surface area contributed by atoms with Gasteiger partial charge < -0.3 is 15.5 Å². The van der Waals surface area contributed by atoms with Crippen LogP contribution in [-0.4, -0.2) is 34.9 Å². The summed E-state index contributed by atoms with van der Waals surface area (Å²) in [5.74, 6) is -0.0527. The molecule has 0 aromatic rings. The van der Waals surface area contributed by atoms with Crippen molar-refractivity contribution in [3.8, 4) is 0 Å². The zero-order valence-corrected chi connectivity index (χ0v) is 57.3. The van der Waals surface area contributed by atoms with Gasteiger partial charge in [-0.1, -0.05) is 430 Å². The van der Waals surface area contributed by atoms with Crippen molar-refractivity contribution in [3.05, 3.63) is 24.3 Å². The zero-order valence-electron chi connectivity index (χ0n) is 57.3. The van der Waals surface area contributed by atoms with Gasteiger partial charge in [0.25, 0.3) is 0 Å². The van der Waals surface area contributed by atoms with Crippen LogP contribution in [-0.2, 0) is 4.79 Å². The van der Waals surface area contributed by atoms with E-state index in [1.165, 1.54) is 411 Å². The Kier molecular flexibility index (Phi) is 74.1. The molecule has 0 heterocycles. The number of aliphatic hydroxyl groups excluding tert-OH is 2. The van der Waals surface area contributed by atoms with Crippen LogP contribution in [0.25, 0.3) is 0 Å². The lowest BCUT2D eigenvalue weighted by molar-refractivity contribution is -0.123. The van der Waals surface area contributed by atoms with E-state index in [2.05, 4.69) is 31.3 Å². The van der Waals surface area contributed by atoms with E-state index >= 15 is 0 Å². The van der Waals surface area contributed by atoms with Gasteiger partial charge >= 0.3 is 0 Å². The Bertz CT molecular complexity index is 1230. The SMILES string of the molecule is CCCCCCCCCC/C=C\CCCCCCCCCCCCCCCCCCCCCCCCCCCCCCCC(=O)NC(CO)C(O)/C=C/CCCCCCCCCCCCCCCCCCCCCCCCCCCCCC. The van der Waals surface area contributed by atoms with Gasteiger partial charge in [-0.05, 0) is 44.9 Å². The van der Waals surface area contributed by atoms with Crippen molar-refractivity contribution < 1.29 is 15.0 Å². The quantitative estimate of drug-likeness (QED) is 0.0420. The van der Waals surface area contributed by atoms with E-state index < -0.39 is 12.1 Å². The smallest absolute Gasteiger partial charge is 0.220 e. The second-order valence-corrected chi connectivity index (χ2v) is 27.1. The Morgan fingerprint density at radius 1 is 0.277 bits per heavy atom. The van der Waals surface area contributed by atoms with Gasteiger partial charge in [0.15, 0.2) is 0 Å². The highest BCUT2D eigenvalue weighted by molar-refractivity contribution is 5.76. The number of nitrogens with one attached hydrogen (secondary N) is 1. The van der Waals surface area contributed by atoms with E-state index in [4.69, 9.17) is 0 Å². The highest BCUT2D eigenvalue weighted by Crippen LogP contribution is 2.20. The Balaban J connectivity index is 3.37. The number of rotatable bonds is 74. The van der Waals surface area contributed by atoms with Crippen molar-refractivity contribution in [2.45, 2.75) is 469 Å². The molecule has 2 atom stereocenters. The van der Waals surface area contributed by atoms with Crippen LogP contribution in [0.3, 0.4) is 0 Å². The first-order valence-corrected chi connectivity index (χ1v) is 39.1. The van der Waals surface area contributed by atoms with Crippen molar-refractivity contribution in [1.29, 1.82) is 0 Å².